The molecule has 0 radical (unpaired) electrons. The number of hydrogen-bond acceptors (Lipinski definition) is 11. The fraction of sp³-hybridized carbons (Fsp3) is 0.269. The Hall–Kier alpha value is -3.64. The van der Waals surface area contributed by atoms with E-state index in [2.05, 4.69) is 15.3 Å². The summed E-state index contributed by atoms with van der Waals surface area (Å²) in [6, 6.07) is 12.2. The van der Waals surface area contributed by atoms with Crippen LogP contribution in [0.15, 0.2) is 70.5 Å². The van der Waals surface area contributed by atoms with Crippen molar-refractivity contribution < 1.29 is 66.3 Å². The van der Waals surface area contributed by atoms with Gasteiger partial charge in [0.1, 0.15) is 11.9 Å². The van der Waals surface area contributed by atoms with Crippen molar-refractivity contribution in [3.05, 3.63) is 76.4 Å². The summed E-state index contributed by atoms with van der Waals surface area (Å²) >= 11 is 1.25. The van der Waals surface area contributed by atoms with Crippen LogP contribution in [0.25, 0.3) is 5.76 Å². The summed E-state index contributed by atoms with van der Waals surface area (Å²) in [6.07, 6.45) is 3.33. The highest BCUT2D eigenvalue weighted by Gasteiger charge is 2.60. The van der Waals surface area contributed by atoms with Gasteiger partial charge in [0.25, 0.3) is 10.0 Å². The van der Waals surface area contributed by atoms with Gasteiger partial charge in [0.2, 0.25) is 0 Å². The quantitative estimate of drug-likeness (QED) is 0.0434. The number of aromatic nitrogens is 1. The Morgan fingerprint density at radius 1 is 1.13 bits per heavy atom. The molecular formula is C26H31N4O13P2S2+. The van der Waals surface area contributed by atoms with Crippen molar-refractivity contribution in [1.29, 1.82) is 0 Å². The molecule has 47 heavy (non-hydrogen) atoms. The third-order valence-corrected chi connectivity index (χ3v) is 13.2. The fourth-order valence-electron chi connectivity index (χ4n) is 4.29. The topological polar surface area (TPSA) is 257 Å². The lowest BCUT2D eigenvalue weighted by atomic mass is 10.1. The van der Waals surface area contributed by atoms with E-state index < -0.39 is 54.3 Å². The van der Waals surface area contributed by atoms with Crippen molar-refractivity contribution in [3.8, 4) is 5.75 Å². The predicted octanol–water partition coefficient (Wildman–Crippen LogP) is 1.66. The maximum atomic E-state index is 13.3. The normalized spacial score (nSPS) is 15.1. The molecular weight excluding hydrogens is 702 g/mol. The van der Waals surface area contributed by atoms with Gasteiger partial charge in [-0.2, -0.15) is 5.32 Å². The number of ether oxygens (including phenoxy) is 1. The maximum absolute atomic E-state index is 13.3. The van der Waals surface area contributed by atoms with Crippen LogP contribution in [0.5, 0.6) is 5.75 Å². The van der Waals surface area contributed by atoms with Crippen molar-refractivity contribution in [2.45, 2.75) is 29.9 Å². The zero-order chi connectivity index (χ0) is 34.8. The van der Waals surface area contributed by atoms with E-state index in [0.717, 1.165) is 15.4 Å². The van der Waals surface area contributed by atoms with Gasteiger partial charge < -0.3 is 39.4 Å². The van der Waals surface area contributed by atoms with Gasteiger partial charge in [-0.3, -0.25) is 13.4 Å². The molecule has 7 N–H and O–H groups in total. The molecule has 3 aromatic rings. The molecule has 1 aliphatic rings. The van der Waals surface area contributed by atoms with Gasteiger partial charge in [-0.25, -0.2) is 17.8 Å². The lowest BCUT2D eigenvalue weighted by molar-refractivity contribution is -0.679. The fourth-order valence-corrected chi connectivity index (χ4v) is 8.38. The van der Waals surface area contributed by atoms with Gasteiger partial charge in [0.05, 0.1) is 24.3 Å². The Morgan fingerprint density at radius 2 is 1.81 bits per heavy atom. The number of nitrogens with zero attached hydrogens (tertiary/aromatic N) is 3. The molecule has 0 saturated carbocycles. The highest BCUT2D eigenvalue weighted by Crippen LogP contribution is 2.67. The summed E-state index contributed by atoms with van der Waals surface area (Å²) in [5.41, 5.74) is -0.00294. The Labute approximate surface area is 272 Å². The number of anilines is 1. The van der Waals surface area contributed by atoms with E-state index in [9.17, 15) is 32.6 Å². The van der Waals surface area contributed by atoms with Crippen molar-refractivity contribution >= 4 is 59.6 Å². The van der Waals surface area contributed by atoms with E-state index in [1.165, 1.54) is 42.6 Å². The zero-order valence-electron chi connectivity index (χ0n) is 24.7. The molecule has 21 heteroatoms. The molecule has 0 fully saturated rings. The second-order valence-electron chi connectivity index (χ2n) is 10.1. The second-order valence-corrected chi connectivity index (χ2v) is 17.3. The van der Waals surface area contributed by atoms with Crippen LogP contribution in [0.4, 0.5) is 5.13 Å². The first-order valence-electron chi connectivity index (χ1n) is 13.4. The lowest BCUT2D eigenvalue weighted by Crippen LogP contribution is -2.40. The third-order valence-electron chi connectivity index (χ3n) is 6.75. The number of hydrogen-bond donors (Lipinski definition) is 7. The highest BCUT2D eigenvalue weighted by molar-refractivity contribution is 7.89. The summed E-state index contributed by atoms with van der Waals surface area (Å²) < 4.78 is 57.0. The lowest BCUT2D eigenvalue weighted by Gasteiger charge is -2.27. The first kappa shape index (κ1) is 36.2. The summed E-state index contributed by atoms with van der Waals surface area (Å²) in [5, 5.41) is 23.4. The molecule has 0 saturated heterocycles. The van der Waals surface area contributed by atoms with Crippen molar-refractivity contribution in [3.63, 3.8) is 0 Å². The minimum absolute atomic E-state index is 0.0259. The van der Waals surface area contributed by atoms with Gasteiger partial charge in [-0.05, 0) is 36.8 Å². The number of aliphatic hydroxyl groups excluding tert-OH is 1. The number of carbonyl (C=O) groups is 1. The number of benzene rings is 2. The number of thiazole rings is 1. The first-order chi connectivity index (χ1) is 21.9. The van der Waals surface area contributed by atoms with E-state index in [1.807, 2.05) is 6.92 Å². The van der Waals surface area contributed by atoms with Crippen LogP contribution in [0.3, 0.4) is 0 Å². The summed E-state index contributed by atoms with van der Waals surface area (Å²) in [6.45, 7) is 0.957. The monoisotopic (exact) mass is 733 g/mol. The Kier molecular flexibility index (Phi) is 10.7. The second kappa shape index (κ2) is 13.8. The predicted molar refractivity (Wildman–Crippen MR) is 168 cm³/mol. The molecule has 1 aliphatic heterocycles. The van der Waals surface area contributed by atoms with Gasteiger partial charge >= 0.3 is 31.3 Å². The number of rotatable bonds is 13. The molecule has 0 bridgehead atoms. The largest absolute Gasteiger partial charge is 0.505 e. The molecule has 254 valence electrons. The van der Waals surface area contributed by atoms with Gasteiger partial charge in [0.15, 0.2) is 18.1 Å². The molecule has 1 amide bonds. The van der Waals surface area contributed by atoms with Crippen LogP contribution in [0, 0.1) is 6.92 Å². The van der Waals surface area contributed by atoms with Gasteiger partial charge in [-0.1, -0.05) is 40.8 Å². The maximum Gasteiger partial charge on any atom is 0.373 e. The molecule has 1 aromatic heterocycles. The van der Waals surface area contributed by atoms with Crippen LogP contribution in [0.2, 0.25) is 0 Å². The van der Waals surface area contributed by atoms with Gasteiger partial charge in [0, 0.05) is 23.9 Å². The number of fused-ring (bicyclic) bond motifs is 1. The molecule has 2 heterocycles. The van der Waals surface area contributed by atoms with E-state index in [1.54, 1.807) is 35.0 Å². The summed E-state index contributed by atoms with van der Waals surface area (Å²) in [7, 11) is -14.2. The number of carbonyl (C=O) groups excluding carboxylic acids is 1. The molecule has 0 aliphatic carbocycles. The number of oxime groups is 1. The van der Waals surface area contributed by atoms with Crippen LogP contribution in [0.1, 0.15) is 22.4 Å². The number of aryl methyl sites for hydroxylation is 2. The minimum Gasteiger partial charge on any atom is -0.505 e. The number of aliphatic hydroxyl groups is 2. The smallest absolute Gasteiger partial charge is 0.373 e. The van der Waals surface area contributed by atoms with Crippen LogP contribution in [-0.2, 0) is 35.3 Å². The van der Waals surface area contributed by atoms with Crippen LogP contribution < -0.4 is 14.6 Å². The van der Waals surface area contributed by atoms with Gasteiger partial charge in [-0.15, -0.1) is 0 Å². The Morgan fingerprint density at radius 3 is 2.49 bits per heavy atom. The Balaban J connectivity index is 1.35. The van der Waals surface area contributed by atoms with E-state index >= 15 is 0 Å². The Bertz CT molecular complexity index is 1910. The molecule has 0 spiro atoms. The number of sulfonamides is 1. The standard InChI is InChI=1S/C26H30N4O13P2S2/c1-17-15-30(25(46-17)28-24(32)22-23(31)20-9-3-4-10-21(20)47(40,41)29(22)2)11-6-12-42-19-8-5-7-18(13-19)14-27-43-16-26(33,44(34,35)36)45(37,38)39/h3-5,7-10,13-15,33H,6,11-12,16H2,1-2H3,(H5,31,32,34,35,36,37,38,39)/p+1/b27-14+. The average Bonchev–Trinajstić information content (AvgIpc) is 3.34. The first-order valence-corrected chi connectivity index (χ1v) is 18.9. The number of amides is 1. The summed E-state index contributed by atoms with van der Waals surface area (Å²) in [5.74, 6) is -0.878. The van der Waals surface area contributed by atoms with E-state index in [4.69, 9.17) is 24.3 Å². The molecule has 0 unspecified atom stereocenters. The minimum atomic E-state index is -5.69. The third kappa shape index (κ3) is 7.75. The molecule has 17 nitrogen and oxygen atoms in total. The molecule has 4 rings (SSSR count). The van der Waals surface area contributed by atoms with E-state index in [-0.39, 0.29) is 17.1 Å². The van der Waals surface area contributed by atoms with Crippen LogP contribution in [-0.4, -0.2) is 80.0 Å². The van der Waals surface area contributed by atoms with Crippen LogP contribution >= 0.6 is 26.5 Å². The SMILES string of the molecule is Cc1c[n+](CCCOc2cccc(/C=N/OCC(O)(P(=O)(O)O)P(=O)(O)O)c2)c(NC(=O)C2=C(O)c3ccccc3S(=O)(=O)N2C)s1. The summed E-state index contributed by atoms with van der Waals surface area (Å²) in [4.78, 5) is 55.1. The molecule has 2 aromatic carbocycles. The molecule has 0 atom stereocenters. The van der Waals surface area contributed by atoms with Crippen molar-refractivity contribution in [2.75, 3.05) is 25.6 Å². The van der Waals surface area contributed by atoms with Crippen molar-refractivity contribution in [1.82, 2.24) is 4.31 Å². The average molecular weight is 734 g/mol. The number of likely N-dealkylation sites (N-methyl/N-ethyl adjacent to an activating group) is 1. The van der Waals surface area contributed by atoms with E-state index in [0.29, 0.717) is 29.4 Å². The number of nitrogens with one attached hydrogen (secondary N) is 1. The van der Waals surface area contributed by atoms with Crippen molar-refractivity contribution in [2.24, 2.45) is 5.16 Å². The highest BCUT2D eigenvalue weighted by atomic mass is 32.2. The zero-order valence-corrected chi connectivity index (χ0v) is 28.1.